The van der Waals surface area contributed by atoms with Crippen LogP contribution in [0.3, 0.4) is 0 Å². The van der Waals surface area contributed by atoms with Gasteiger partial charge in [0.15, 0.2) is 11.5 Å². The van der Waals surface area contributed by atoms with Crippen LogP contribution in [0.15, 0.2) is 30.5 Å². The summed E-state index contributed by atoms with van der Waals surface area (Å²) in [5.41, 5.74) is 0.442. The van der Waals surface area contributed by atoms with E-state index in [1.165, 1.54) is 27.5 Å². The van der Waals surface area contributed by atoms with Crippen molar-refractivity contribution in [2.45, 2.75) is 12.8 Å². The number of hydrogen-bond donors (Lipinski definition) is 1. The van der Waals surface area contributed by atoms with Crippen molar-refractivity contribution in [3.8, 4) is 17.2 Å². The molecule has 0 radical (unpaired) electrons. The molecule has 1 saturated heterocycles. The van der Waals surface area contributed by atoms with Crippen LogP contribution in [0.25, 0.3) is 0 Å². The first-order valence-electron chi connectivity index (χ1n) is 9.48. The Morgan fingerprint density at radius 2 is 1.70 bits per heavy atom. The minimum atomic E-state index is -0.188. The monoisotopic (exact) mass is 433 g/mol. The number of pyridine rings is 1. The van der Waals surface area contributed by atoms with Gasteiger partial charge in [-0.1, -0.05) is 11.6 Å². The van der Waals surface area contributed by atoms with Gasteiger partial charge in [0.1, 0.15) is 5.82 Å². The lowest BCUT2D eigenvalue weighted by molar-refractivity contribution is -0.121. The summed E-state index contributed by atoms with van der Waals surface area (Å²) in [5.74, 6) is 1.29. The number of hydrogen-bond acceptors (Lipinski definition) is 6. The Hall–Kier alpha value is -3.00. The first-order chi connectivity index (χ1) is 14.5. The van der Waals surface area contributed by atoms with Gasteiger partial charge in [0, 0.05) is 30.8 Å². The average molecular weight is 434 g/mol. The molecule has 1 aromatic heterocycles. The standard InChI is InChI=1S/C21H24ClN3O5/c1-28-16-10-14(11-17(29-2)19(16)30-3)21(27)25-8-6-13(7-9-25)20(26)24-18-5-4-15(22)12-23-18/h4-5,10-13H,6-9H2,1-3H3,(H,23,24,26). The van der Waals surface area contributed by atoms with Gasteiger partial charge in [-0.25, -0.2) is 4.98 Å². The Morgan fingerprint density at radius 1 is 1.07 bits per heavy atom. The number of ether oxygens (including phenoxy) is 3. The quantitative estimate of drug-likeness (QED) is 0.752. The summed E-state index contributed by atoms with van der Waals surface area (Å²) < 4.78 is 16.0. The molecule has 1 fully saturated rings. The van der Waals surface area contributed by atoms with E-state index in [1.54, 1.807) is 29.2 Å². The number of anilines is 1. The van der Waals surface area contributed by atoms with Crippen LogP contribution < -0.4 is 19.5 Å². The second-order valence-electron chi connectivity index (χ2n) is 6.83. The molecule has 0 spiro atoms. The Kier molecular flexibility index (Phi) is 6.99. The molecule has 2 amide bonds. The highest BCUT2D eigenvalue weighted by Gasteiger charge is 2.29. The number of amides is 2. The van der Waals surface area contributed by atoms with Crippen molar-refractivity contribution in [2.24, 2.45) is 5.92 Å². The molecule has 0 aliphatic carbocycles. The number of piperidine rings is 1. The molecule has 0 bridgehead atoms. The van der Waals surface area contributed by atoms with Crippen LogP contribution in [-0.4, -0.2) is 56.1 Å². The summed E-state index contributed by atoms with van der Waals surface area (Å²) in [7, 11) is 4.52. The minimum absolute atomic E-state index is 0.107. The lowest BCUT2D eigenvalue weighted by Crippen LogP contribution is -2.41. The maximum Gasteiger partial charge on any atom is 0.254 e. The van der Waals surface area contributed by atoms with Crippen LogP contribution in [0, 0.1) is 5.92 Å². The molecule has 0 unspecified atom stereocenters. The number of likely N-dealkylation sites (tertiary alicyclic amines) is 1. The predicted octanol–water partition coefficient (Wildman–Crippen LogP) is 3.25. The van der Waals surface area contributed by atoms with Crippen LogP contribution in [0.2, 0.25) is 5.02 Å². The number of halogens is 1. The molecular formula is C21H24ClN3O5. The SMILES string of the molecule is COc1cc(C(=O)N2CCC(C(=O)Nc3ccc(Cl)cn3)CC2)cc(OC)c1OC. The van der Waals surface area contributed by atoms with Crippen molar-refractivity contribution in [2.75, 3.05) is 39.7 Å². The van der Waals surface area contributed by atoms with Gasteiger partial charge >= 0.3 is 0 Å². The van der Waals surface area contributed by atoms with Gasteiger partial charge in [-0.3, -0.25) is 9.59 Å². The maximum atomic E-state index is 13.0. The van der Waals surface area contributed by atoms with E-state index in [-0.39, 0.29) is 17.7 Å². The smallest absolute Gasteiger partial charge is 0.254 e. The highest BCUT2D eigenvalue weighted by molar-refractivity contribution is 6.30. The third kappa shape index (κ3) is 4.76. The lowest BCUT2D eigenvalue weighted by Gasteiger charge is -2.31. The molecule has 1 aliphatic rings. The fourth-order valence-electron chi connectivity index (χ4n) is 3.41. The Morgan fingerprint density at radius 3 is 2.20 bits per heavy atom. The van der Waals surface area contributed by atoms with Gasteiger partial charge < -0.3 is 24.4 Å². The molecule has 9 heteroatoms. The number of carbonyl (C=O) groups excluding carboxylic acids is 2. The lowest BCUT2D eigenvalue weighted by atomic mass is 9.95. The van der Waals surface area contributed by atoms with Crippen molar-refractivity contribution < 1.29 is 23.8 Å². The van der Waals surface area contributed by atoms with Gasteiger partial charge in [0.05, 0.1) is 26.4 Å². The summed E-state index contributed by atoms with van der Waals surface area (Å²) in [6.07, 6.45) is 2.61. The van der Waals surface area contributed by atoms with Gasteiger partial charge in [0.2, 0.25) is 11.7 Å². The van der Waals surface area contributed by atoms with Crippen LogP contribution in [0.5, 0.6) is 17.2 Å². The van der Waals surface area contributed by atoms with Crippen molar-refractivity contribution in [3.63, 3.8) is 0 Å². The largest absolute Gasteiger partial charge is 0.493 e. The van der Waals surface area contributed by atoms with Gasteiger partial charge in [-0.2, -0.15) is 0 Å². The fourth-order valence-corrected chi connectivity index (χ4v) is 3.52. The van der Waals surface area contributed by atoms with Crippen molar-refractivity contribution >= 4 is 29.2 Å². The number of benzene rings is 1. The third-order valence-electron chi connectivity index (χ3n) is 5.04. The summed E-state index contributed by atoms with van der Waals surface area (Å²) in [6.45, 7) is 0.948. The summed E-state index contributed by atoms with van der Waals surface area (Å²) >= 11 is 5.81. The molecule has 2 heterocycles. The highest BCUT2D eigenvalue weighted by Crippen LogP contribution is 2.38. The van der Waals surface area contributed by atoms with Gasteiger partial charge in [0.25, 0.3) is 5.91 Å². The van der Waals surface area contributed by atoms with Crippen molar-refractivity contribution in [1.29, 1.82) is 0 Å². The van der Waals surface area contributed by atoms with E-state index in [1.807, 2.05) is 0 Å². The first-order valence-corrected chi connectivity index (χ1v) is 9.86. The highest BCUT2D eigenvalue weighted by atomic mass is 35.5. The van der Waals surface area contributed by atoms with E-state index in [4.69, 9.17) is 25.8 Å². The number of rotatable bonds is 6. The molecule has 0 saturated carbocycles. The first kappa shape index (κ1) is 21.7. The molecule has 3 rings (SSSR count). The zero-order valence-electron chi connectivity index (χ0n) is 17.1. The van der Waals surface area contributed by atoms with Crippen molar-refractivity contribution in [1.82, 2.24) is 9.88 Å². The summed E-state index contributed by atoms with van der Waals surface area (Å²) in [5, 5.41) is 3.30. The van der Waals surface area contributed by atoms with Crippen molar-refractivity contribution in [3.05, 3.63) is 41.0 Å². The number of nitrogens with one attached hydrogen (secondary N) is 1. The summed E-state index contributed by atoms with van der Waals surface area (Å²) in [4.78, 5) is 31.3. The molecule has 1 aromatic carbocycles. The topological polar surface area (TPSA) is 90.0 Å². The van der Waals surface area contributed by atoms with Crippen LogP contribution >= 0.6 is 11.6 Å². The van der Waals surface area contributed by atoms with Crippen LogP contribution in [-0.2, 0) is 4.79 Å². The maximum absolute atomic E-state index is 13.0. The third-order valence-corrected chi connectivity index (χ3v) is 5.27. The molecule has 8 nitrogen and oxygen atoms in total. The Balaban J connectivity index is 1.64. The normalized spacial score (nSPS) is 14.2. The fraction of sp³-hybridized carbons (Fsp3) is 0.381. The van der Waals surface area contributed by atoms with E-state index in [2.05, 4.69) is 10.3 Å². The average Bonchev–Trinajstić information content (AvgIpc) is 2.79. The van der Waals surface area contributed by atoms with Crippen LogP contribution in [0.1, 0.15) is 23.2 Å². The van der Waals surface area contributed by atoms with E-state index in [0.717, 1.165) is 0 Å². The Bertz CT molecular complexity index is 886. The number of methoxy groups -OCH3 is 3. The van der Waals surface area contributed by atoms with E-state index >= 15 is 0 Å². The van der Waals surface area contributed by atoms with Gasteiger partial charge in [-0.15, -0.1) is 0 Å². The second-order valence-corrected chi connectivity index (χ2v) is 7.27. The minimum Gasteiger partial charge on any atom is -0.493 e. The second kappa shape index (κ2) is 9.67. The van der Waals surface area contributed by atoms with E-state index in [9.17, 15) is 9.59 Å². The zero-order valence-corrected chi connectivity index (χ0v) is 17.9. The summed E-state index contributed by atoms with van der Waals surface area (Å²) in [6, 6.07) is 6.59. The predicted molar refractivity (Wildman–Crippen MR) is 113 cm³/mol. The van der Waals surface area contributed by atoms with Crippen LogP contribution in [0.4, 0.5) is 5.82 Å². The molecular weight excluding hydrogens is 410 g/mol. The van der Waals surface area contributed by atoms with E-state index in [0.29, 0.717) is 59.6 Å². The zero-order chi connectivity index (χ0) is 21.7. The molecule has 160 valence electrons. The number of carbonyl (C=O) groups is 2. The van der Waals surface area contributed by atoms with E-state index < -0.39 is 0 Å². The molecule has 0 atom stereocenters. The molecule has 2 aromatic rings. The Labute approximate surface area is 180 Å². The molecule has 30 heavy (non-hydrogen) atoms. The van der Waals surface area contributed by atoms with Gasteiger partial charge in [-0.05, 0) is 37.1 Å². The number of aromatic nitrogens is 1. The molecule has 1 N–H and O–H groups in total. The number of nitrogens with zero attached hydrogens (tertiary/aromatic N) is 2. The molecule has 1 aliphatic heterocycles.